The Morgan fingerprint density at radius 2 is 1.98 bits per heavy atom. The SMILES string of the molecule is CCC/C=C1\OC(=O)[C@@]23C4=C5CC[C@@]12[C@]1(OC(=O)c2c(CCCN)cccc21)[C@H]3C[C@@H](C)/C=C/[C@@H]4C[C@H]1[C@@H]5C=CC[C@@H]1C. The van der Waals surface area contributed by atoms with Crippen molar-refractivity contribution in [1.29, 1.82) is 0 Å². The van der Waals surface area contributed by atoms with Gasteiger partial charge in [0.05, 0.1) is 11.0 Å². The highest BCUT2D eigenvalue weighted by Crippen LogP contribution is 2.87. The number of unbranched alkanes of at least 4 members (excludes halogenated alkanes) is 1. The summed E-state index contributed by atoms with van der Waals surface area (Å²) in [5, 5.41) is 0. The minimum absolute atomic E-state index is 0.0970. The number of hydrogen-bond acceptors (Lipinski definition) is 5. The quantitative estimate of drug-likeness (QED) is 0.292. The van der Waals surface area contributed by atoms with E-state index in [1.54, 1.807) is 0 Å². The lowest BCUT2D eigenvalue weighted by atomic mass is 9.27. The molecule has 2 N–H and O–H groups in total. The zero-order valence-electron chi connectivity index (χ0n) is 25.9. The molecular weight excluding hydrogens is 534 g/mol. The Hall–Kier alpha value is -2.92. The molecular formula is C38H45NO4. The van der Waals surface area contributed by atoms with Crippen LogP contribution in [-0.2, 0) is 26.3 Å². The lowest BCUT2D eigenvalue weighted by molar-refractivity contribution is -0.280. The molecule has 1 aromatic rings. The first kappa shape index (κ1) is 27.6. The maximum absolute atomic E-state index is 14.8. The fourth-order valence-corrected chi connectivity index (χ4v) is 11.2. The van der Waals surface area contributed by atoms with Crippen LogP contribution >= 0.6 is 0 Å². The van der Waals surface area contributed by atoms with E-state index in [1.165, 1.54) is 11.1 Å². The standard InChI is InChI=1S/C38H45NO4/c1-4-5-14-31-36-18-17-27-26-12-6-9-23(3)28(26)21-25-16-15-22(2)20-30(37(36,33(25)27)35(41)42-31)38(36)29-13-7-10-24(11-8-19-39)32(29)34(40)43-38/h6-7,10,12-16,22-23,25-26,28,30H,4-5,8-9,11,17-21,39H2,1-3H3/b16-15+,31-14-/t22-,23-,25+,26+,28+,30-,36+,37+,38+/m0/s1. The molecule has 5 aliphatic carbocycles. The van der Waals surface area contributed by atoms with Crippen LogP contribution in [0.2, 0.25) is 0 Å². The molecule has 0 bridgehead atoms. The van der Waals surface area contributed by atoms with E-state index in [9.17, 15) is 9.59 Å². The van der Waals surface area contributed by atoms with Gasteiger partial charge in [0.1, 0.15) is 11.2 Å². The second-order valence-corrected chi connectivity index (χ2v) is 14.6. The number of carbonyl (C=O) groups is 2. The molecule has 1 saturated heterocycles. The molecule has 0 aromatic heterocycles. The van der Waals surface area contributed by atoms with Gasteiger partial charge in [0.15, 0.2) is 5.60 Å². The fraction of sp³-hybridized carbons (Fsp3) is 0.579. The number of aryl methyl sites for hydroxylation is 1. The molecule has 1 aromatic carbocycles. The molecule has 2 fully saturated rings. The van der Waals surface area contributed by atoms with E-state index in [0.29, 0.717) is 29.9 Å². The van der Waals surface area contributed by atoms with Crippen LogP contribution in [0.4, 0.5) is 0 Å². The topological polar surface area (TPSA) is 78.6 Å². The molecule has 0 unspecified atom stereocenters. The third-order valence-corrected chi connectivity index (χ3v) is 12.7. The smallest absolute Gasteiger partial charge is 0.339 e. The summed E-state index contributed by atoms with van der Waals surface area (Å²) < 4.78 is 13.4. The van der Waals surface area contributed by atoms with Gasteiger partial charge in [-0.15, -0.1) is 0 Å². The summed E-state index contributed by atoms with van der Waals surface area (Å²) in [6.45, 7) is 7.40. The molecule has 5 nitrogen and oxygen atoms in total. The van der Waals surface area contributed by atoms with Crippen LogP contribution in [0.3, 0.4) is 0 Å². The average molecular weight is 580 g/mol. The molecule has 7 aliphatic rings. The van der Waals surface area contributed by atoms with Crippen LogP contribution in [0.5, 0.6) is 0 Å². The molecule has 2 aliphatic heterocycles. The molecule has 0 radical (unpaired) electrons. The fourth-order valence-electron chi connectivity index (χ4n) is 11.2. The Bertz CT molecular complexity index is 1530. The van der Waals surface area contributed by atoms with Crippen LogP contribution in [0, 0.1) is 46.3 Å². The summed E-state index contributed by atoms with van der Waals surface area (Å²) in [5.74, 6) is 2.30. The van der Waals surface area contributed by atoms with Crippen molar-refractivity contribution in [2.45, 2.75) is 84.2 Å². The number of rotatable bonds is 5. The number of allylic oxidation sites excluding steroid dienone is 6. The maximum Gasteiger partial charge on any atom is 0.339 e. The van der Waals surface area contributed by atoms with Crippen molar-refractivity contribution in [3.8, 4) is 0 Å². The number of fused-ring (bicyclic) bond motifs is 5. The van der Waals surface area contributed by atoms with Gasteiger partial charge < -0.3 is 15.2 Å². The van der Waals surface area contributed by atoms with E-state index >= 15 is 0 Å². The van der Waals surface area contributed by atoms with E-state index in [4.69, 9.17) is 15.2 Å². The number of ether oxygens (including phenoxy) is 2. The summed E-state index contributed by atoms with van der Waals surface area (Å²) in [7, 11) is 0. The molecule has 5 heteroatoms. The van der Waals surface area contributed by atoms with Crippen molar-refractivity contribution < 1.29 is 19.1 Å². The summed E-state index contributed by atoms with van der Waals surface area (Å²) in [5.41, 5.74) is 8.96. The molecule has 9 atom stereocenters. The molecule has 2 spiro atoms. The Morgan fingerprint density at radius 3 is 2.79 bits per heavy atom. The molecule has 1 saturated carbocycles. The van der Waals surface area contributed by atoms with Crippen LogP contribution < -0.4 is 5.73 Å². The predicted molar refractivity (Wildman–Crippen MR) is 166 cm³/mol. The van der Waals surface area contributed by atoms with Crippen LogP contribution in [-0.4, -0.2) is 18.5 Å². The first-order valence-corrected chi connectivity index (χ1v) is 16.9. The van der Waals surface area contributed by atoms with Crippen molar-refractivity contribution in [2.75, 3.05) is 6.54 Å². The Kier molecular flexibility index (Phi) is 6.13. The Labute approximate surface area is 255 Å². The highest BCUT2D eigenvalue weighted by Gasteiger charge is 2.93. The first-order valence-electron chi connectivity index (χ1n) is 16.9. The van der Waals surface area contributed by atoms with Crippen LogP contribution in [0.25, 0.3) is 0 Å². The van der Waals surface area contributed by atoms with Gasteiger partial charge in [-0.2, -0.15) is 0 Å². The third-order valence-electron chi connectivity index (χ3n) is 12.7. The monoisotopic (exact) mass is 579 g/mol. The van der Waals surface area contributed by atoms with Crippen molar-refractivity contribution >= 4 is 11.9 Å². The molecule has 8 rings (SSSR count). The number of nitrogens with two attached hydrogens (primary N) is 1. The number of cyclic esters (lactones) is 1. The zero-order valence-corrected chi connectivity index (χ0v) is 25.9. The Balaban J connectivity index is 1.43. The molecule has 0 amide bonds. The third kappa shape index (κ3) is 3.13. The zero-order chi connectivity index (χ0) is 29.7. The van der Waals surface area contributed by atoms with Crippen molar-refractivity contribution in [3.63, 3.8) is 0 Å². The minimum atomic E-state index is -0.918. The summed E-state index contributed by atoms with van der Waals surface area (Å²) >= 11 is 0. The lowest BCUT2D eigenvalue weighted by Crippen LogP contribution is -2.77. The van der Waals surface area contributed by atoms with E-state index in [2.05, 4.69) is 69.4 Å². The van der Waals surface area contributed by atoms with Gasteiger partial charge in [0, 0.05) is 17.4 Å². The van der Waals surface area contributed by atoms with Gasteiger partial charge in [-0.05, 0) is 98.8 Å². The summed E-state index contributed by atoms with van der Waals surface area (Å²) in [6, 6.07) is 6.26. The van der Waals surface area contributed by atoms with Gasteiger partial charge in [-0.25, -0.2) is 4.79 Å². The van der Waals surface area contributed by atoms with Crippen molar-refractivity contribution in [2.24, 2.45) is 52.1 Å². The van der Waals surface area contributed by atoms with Gasteiger partial charge >= 0.3 is 11.9 Å². The molecule has 43 heavy (non-hydrogen) atoms. The maximum atomic E-state index is 14.8. The number of benzene rings is 1. The average Bonchev–Trinajstić information content (AvgIpc) is 3.45. The highest BCUT2D eigenvalue weighted by molar-refractivity contribution is 6.00. The summed E-state index contributed by atoms with van der Waals surface area (Å²) in [4.78, 5) is 28.9. The largest absolute Gasteiger partial charge is 0.449 e. The number of esters is 2. The normalized spacial score (nSPS) is 43.2. The second-order valence-electron chi connectivity index (χ2n) is 14.6. The van der Waals surface area contributed by atoms with Crippen molar-refractivity contribution in [3.05, 3.63) is 82.2 Å². The van der Waals surface area contributed by atoms with E-state index < -0.39 is 16.4 Å². The van der Waals surface area contributed by atoms with Crippen LogP contribution in [0.15, 0.2) is 65.5 Å². The van der Waals surface area contributed by atoms with Crippen LogP contribution in [0.1, 0.15) is 93.6 Å². The molecule has 2 heterocycles. The van der Waals surface area contributed by atoms with Gasteiger partial charge in [-0.1, -0.05) is 75.3 Å². The van der Waals surface area contributed by atoms with Gasteiger partial charge in [-0.3, -0.25) is 4.79 Å². The highest BCUT2D eigenvalue weighted by atomic mass is 16.6. The minimum Gasteiger partial charge on any atom is -0.449 e. The molecule has 226 valence electrons. The lowest BCUT2D eigenvalue weighted by Gasteiger charge is -2.72. The first-order chi connectivity index (χ1) is 20.9. The van der Waals surface area contributed by atoms with E-state index in [0.717, 1.165) is 74.7 Å². The predicted octanol–water partition coefficient (Wildman–Crippen LogP) is 7.32. The van der Waals surface area contributed by atoms with E-state index in [-0.39, 0.29) is 29.7 Å². The number of hydrogen-bond donors (Lipinski definition) is 1. The Morgan fingerprint density at radius 1 is 1.12 bits per heavy atom. The number of carbonyl (C=O) groups excluding carboxylic acids is 2. The van der Waals surface area contributed by atoms with Gasteiger partial charge in [0.2, 0.25) is 0 Å². The summed E-state index contributed by atoms with van der Waals surface area (Å²) in [6.07, 6.45) is 19.8. The van der Waals surface area contributed by atoms with E-state index in [1.807, 2.05) is 0 Å². The second kappa shape index (κ2) is 9.54. The van der Waals surface area contributed by atoms with Crippen molar-refractivity contribution in [1.82, 2.24) is 0 Å². The van der Waals surface area contributed by atoms with Gasteiger partial charge in [0.25, 0.3) is 0 Å².